The Morgan fingerprint density at radius 2 is 1.71 bits per heavy atom. The highest BCUT2D eigenvalue weighted by molar-refractivity contribution is 5.43. The molecule has 72 valence electrons. The summed E-state index contributed by atoms with van der Waals surface area (Å²) < 4.78 is 0. The van der Waals surface area contributed by atoms with Crippen molar-refractivity contribution in [3.05, 3.63) is 66.4 Å². The zero-order chi connectivity index (χ0) is 9.80. The quantitative estimate of drug-likeness (QED) is 0.684. The van der Waals surface area contributed by atoms with Crippen molar-refractivity contribution in [2.75, 3.05) is 7.11 Å². The van der Waals surface area contributed by atoms with Gasteiger partial charge >= 0.3 is 0 Å². The number of rotatable bonds is 2. The second-order valence-electron chi connectivity index (χ2n) is 3.09. The molecule has 1 heterocycles. The lowest BCUT2D eigenvalue weighted by atomic mass is 9.98. The van der Waals surface area contributed by atoms with Crippen molar-refractivity contribution in [1.82, 2.24) is 0 Å². The molecule has 1 aromatic rings. The Morgan fingerprint density at radius 3 is 2.29 bits per heavy atom. The molecule has 1 aliphatic heterocycles. The van der Waals surface area contributed by atoms with Crippen molar-refractivity contribution in [2.45, 2.75) is 0 Å². The number of hydrogen-bond donors (Lipinski definition) is 1. The van der Waals surface area contributed by atoms with Crippen molar-refractivity contribution in [2.24, 2.45) is 0 Å². The lowest BCUT2D eigenvalue weighted by Crippen LogP contribution is -3.01. The molecular formula is C12H13NO. The summed E-state index contributed by atoms with van der Waals surface area (Å²) in [7, 11) is 1.68. The molecule has 2 heteroatoms. The third kappa shape index (κ3) is 1.87. The van der Waals surface area contributed by atoms with Crippen LogP contribution in [0.2, 0.25) is 0 Å². The fourth-order valence-corrected chi connectivity index (χ4v) is 1.41. The third-order valence-electron chi connectivity index (χ3n) is 2.20. The van der Waals surface area contributed by atoms with Crippen LogP contribution in [-0.2, 0) is 4.84 Å². The van der Waals surface area contributed by atoms with Crippen molar-refractivity contribution >= 4 is 0 Å². The van der Waals surface area contributed by atoms with Gasteiger partial charge in [0.1, 0.15) is 0 Å². The molecule has 0 aromatic heterocycles. The van der Waals surface area contributed by atoms with Crippen LogP contribution in [0.1, 0.15) is 5.56 Å². The zero-order valence-corrected chi connectivity index (χ0v) is 8.10. The van der Waals surface area contributed by atoms with Gasteiger partial charge < -0.3 is 0 Å². The molecule has 0 aliphatic carbocycles. The van der Waals surface area contributed by atoms with Gasteiger partial charge in [0.25, 0.3) is 0 Å². The molecule has 0 unspecified atom stereocenters. The summed E-state index contributed by atoms with van der Waals surface area (Å²) in [6.07, 6.45) is 8.08. The zero-order valence-electron chi connectivity index (χ0n) is 8.10. The summed E-state index contributed by atoms with van der Waals surface area (Å²) in [5.41, 5.74) is 1.23. The Bertz CT molecular complexity index is 329. The van der Waals surface area contributed by atoms with Gasteiger partial charge in [-0.2, -0.15) is 5.06 Å². The monoisotopic (exact) mass is 187 g/mol. The Labute approximate surface area is 84.1 Å². The fraction of sp³-hybridized carbons (Fsp3) is 0.0833. The minimum absolute atomic E-state index is 0.893. The Hall–Kier alpha value is -1.51. The van der Waals surface area contributed by atoms with Gasteiger partial charge in [-0.05, 0) is 0 Å². The first-order valence-electron chi connectivity index (χ1n) is 4.59. The van der Waals surface area contributed by atoms with Crippen LogP contribution in [0.4, 0.5) is 0 Å². The maximum Gasteiger partial charge on any atom is 0.0949 e. The van der Waals surface area contributed by atoms with Gasteiger partial charge in [-0.1, -0.05) is 36.3 Å². The molecule has 1 aromatic carbocycles. The highest BCUT2D eigenvalue weighted by Crippen LogP contribution is 2.17. The number of hydrogen-bond acceptors (Lipinski definition) is 1. The SMILES string of the molecule is CO[NH+]1C=C[C-](c2ccccc2)C=C1. The van der Waals surface area contributed by atoms with Crippen LogP contribution in [0.15, 0.2) is 54.9 Å². The van der Waals surface area contributed by atoms with Gasteiger partial charge in [0.05, 0.1) is 19.5 Å². The smallest absolute Gasteiger partial charge is 0.0949 e. The predicted octanol–water partition coefficient (Wildman–Crippen LogP) is 1.10. The predicted molar refractivity (Wildman–Crippen MR) is 55.0 cm³/mol. The summed E-state index contributed by atoms with van der Waals surface area (Å²) in [6, 6.07) is 10.3. The summed E-state index contributed by atoms with van der Waals surface area (Å²) in [4.78, 5) is 5.11. The van der Waals surface area contributed by atoms with E-state index in [-0.39, 0.29) is 0 Å². The van der Waals surface area contributed by atoms with Crippen molar-refractivity contribution in [3.8, 4) is 0 Å². The molecule has 0 atom stereocenters. The van der Waals surface area contributed by atoms with E-state index in [9.17, 15) is 0 Å². The molecule has 14 heavy (non-hydrogen) atoms. The van der Waals surface area contributed by atoms with E-state index in [1.165, 1.54) is 11.5 Å². The van der Waals surface area contributed by atoms with E-state index in [0.29, 0.717) is 0 Å². The van der Waals surface area contributed by atoms with E-state index in [1.54, 1.807) is 7.11 Å². The lowest BCUT2D eigenvalue weighted by molar-refractivity contribution is -1.00. The number of allylic oxidation sites excluding steroid dienone is 2. The molecule has 0 radical (unpaired) electrons. The van der Waals surface area contributed by atoms with Crippen LogP contribution in [0.5, 0.6) is 0 Å². The summed E-state index contributed by atoms with van der Waals surface area (Å²) in [5, 5.41) is 0.893. The molecule has 0 spiro atoms. The standard InChI is InChI=1S/C12H12NO/c1-14-13-9-7-12(8-10-13)11-5-3-2-4-6-11/h2-10H,1H3/q-1/p+1. The van der Waals surface area contributed by atoms with Crippen LogP contribution in [-0.4, -0.2) is 7.11 Å². The highest BCUT2D eigenvalue weighted by Gasteiger charge is 2.04. The molecule has 1 aliphatic rings. The van der Waals surface area contributed by atoms with Crippen LogP contribution in [0.25, 0.3) is 0 Å². The number of hydroxylamine groups is 2. The molecule has 0 fully saturated rings. The van der Waals surface area contributed by atoms with Gasteiger partial charge in [0.2, 0.25) is 0 Å². The Kier molecular flexibility index (Phi) is 2.68. The van der Waals surface area contributed by atoms with E-state index in [4.69, 9.17) is 4.84 Å². The summed E-state index contributed by atoms with van der Waals surface area (Å²) in [5.74, 6) is 1.21. The molecule has 0 amide bonds. The fourth-order valence-electron chi connectivity index (χ4n) is 1.41. The molecule has 1 N–H and O–H groups in total. The minimum atomic E-state index is 0.893. The molecule has 0 saturated carbocycles. The van der Waals surface area contributed by atoms with Crippen LogP contribution in [0.3, 0.4) is 0 Å². The van der Waals surface area contributed by atoms with Crippen molar-refractivity contribution in [3.63, 3.8) is 0 Å². The third-order valence-corrected chi connectivity index (χ3v) is 2.20. The molecule has 0 saturated heterocycles. The van der Waals surface area contributed by atoms with Crippen molar-refractivity contribution in [1.29, 1.82) is 0 Å². The second-order valence-corrected chi connectivity index (χ2v) is 3.09. The topological polar surface area (TPSA) is 13.7 Å². The average molecular weight is 187 g/mol. The number of nitrogens with one attached hydrogen (secondary N) is 1. The summed E-state index contributed by atoms with van der Waals surface area (Å²) >= 11 is 0. The number of benzene rings is 1. The number of quaternary nitrogens is 1. The van der Waals surface area contributed by atoms with Gasteiger partial charge in [0.15, 0.2) is 0 Å². The van der Waals surface area contributed by atoms with Crippen molar-refractivity contribution < 1.29 is 9.90 Å². The Morgan fingerprint density at radius 1 is 1.07 bits per heavy atom. The van der Waals surface area contributed by atoms with Gasteiger partial charge in [-0.3, -0.25) is 0 Å². The van der Waals surface area contributed by atoms with Crippen LogP contribution in [0, 0.1) is 5.92 Å². The Balaban J connectivity index is 2.13. The second kappa shape index (κ2) is 4.13. The van der Waals surface area contributed by atoms with E-state index in [1.807, 2.05) is 30.6 Å². The molecular weight excluding hydrogens is 174 g/mol. The van der Waals surface area contributed by atoms with E-state index >= 15 is 0 Å². The maximum absolute atomic E-state index is 5.11. The molecule has 2 rings (SSSR count). The van der Waals surface area contributed by atoms with E-state index in [2.05, 4.69) is 24.3 Å². The maximum atomic E-state index is 5.11. The largest absolute Gasteiger partial charge is 0.211 e. The highest BCUT2D eigenvalue weighted by atomic mass is 16.7. The first-order chi connectivity index (χ1) is 6.90. The summed E-state index contributed by atoms with van der Waals surface area (Å²) in [6.45, 7) is 0. The first kappa shape index (κ1) is 9.06. The first-order valence-corrected chi connectivity index (χ1v) is 4.59. The average Bonchev–Trinajstić information content (AvgIpc) is 2.30. The van der Waals surface area contributed by atoms with Gasteiger partial charge in [0, 0.05) is 0 Å². The molecule has 0 bridgehead atoms. The van der Waals surface area contributed by atoms with Crippen LogP contribution < -0.4 is 5.06 Å². The lowest BCUT2D eigenvalue weighted by Gasteiger charge is -2.20. The minimum Gasteiger partial charge on any atom is -0.211 e. The van der Waals surface area contributed by atoms with E-state index < -0.39 is 0 Å². The normalized spacial score (nSPS) is 16.2. The van der Waals surface area contributed by atoms with Gasteiger partial charge in [-0.25, -0.2) is 4.84 Å². The molecule has 2 nitrogen and oxygen atoms in total. The van der Waals surface area contributed by atoms with Gasteiger partial charge in [-0.15, -0.1) is 17.7 Å². The van der Waals surface area contributed by atoms with Crippen LogP contribution >= 0.6 is 0 Å². The van der Waals surface area contributed by atoms with E-state index in [0.717, 1.165) is 5.06 Å².